The van der Waals surface area contributed by atoms with Crippen LogP contribution in [-0.4, -0.2) is 0 Å². The Kier molecular flexibility index (Phi) is 6.06. The molecule has 13 heavy (non-hydrogen) atoms. The molecule has 0 N–H and O–H groups in total. The lowest BCUT2D eigenvalue weighted by Crippen LogP contribution is -1.93. The van der Waals surface area contributed by atoms with E-state index in [9.17, 15) is 0 Å². The van der Waals surface area contributed by atoms with Gasteiger partial charge in [0.15, 0.2) is 0 Å². The predicted molar refractivity (Wildman–Crippen MR) is 63.8 cm³/mol. The van der Waals surface area contributed by atoms with Crippen molar-refractivity contribution in [2.45, 2.75) is 53.4 Å². The summed E-state index contributed by atoms with van der Waals surface area (Å²) in [5.74, 6) is 1.36. The maximum atomic E-state index is 2.28. The van der Waals surface area contributed by atoms with Crippen molar-refractivity contribution in [3.05, 3.63) is 21.9 Å². The third-order valence-electron chi connectivity index (χ3n) is 1.97. The molecule has 1 aromatic heterocycles. The van der Waals surface area contributed by atoms with Gasteiger partial charge in [-0.05, 0) is 33.7 Å². The Morgan fingerprint density at radius 1 is 0.846 bits per heavy atom. The molecule has 1 heteroatoms. The van der Waals surface area contributed by atoms with Crippen LogP contribution in [0.2, 0.25) is 0 Å². The molecule has 0 aliphatic heterocycles. The van der Waals surface area contributed by atoms with Gasteiger partial charge in [-0.15, -0.1) is 0 Å². The van der Waals surface area contributed by atoms with Gasteiger partial charge in [-0.2, -0.15) is 11.3 Å². The monoisotopic (exact) mass is 198 g/mol. The van der Waals surface area contributed by atoms with E-state index in [-0.39, 0.29) is 0 Å². The molecule has 0 aliphatic carbocycles. The molecule has 0 fully saturated rings. The predicted octanol–water partition coefficient (Wildman–Crippen LogP) is 5.02. The van der Waals surface area contributed by atoms with Gasteiger partial charge in [0, 0.05) is 0 Å². The summed E-state index contributed by atoms with van der Waals surface area (Å²) in [6, 6.07) is 0. The molecule has 0 aliphatic rings. The summed E-state index contributed by atoms with van der Waals surface area (Å²) in [5, 5.41) is 4.56. The number of hydrogen-bond donors (Lipinski definition) is 0. The minimum atomic E-state index is 0.679. The van der Waals surface area contributed by atoms with E-state index in [4.69, 9.17) is 0 Å². The molecule has 0 atom stereocenters. The van der Waals surface area contributed by atoms with Crippen LogP contribution >= 0.6 is 11.3 Å². The van der Waals surface area contributed by atoms with Gasteiger partial charge in [0.2, 0.25) is 0 Å². The zero-order chi connectivity index (χ0) is 10.4. The largest absolute Gasteiger partial charge is 0.152 e. The molecule has 0 saturated carbocycles. The van der Waals surface area contributed by atoms with E-state index in [1.807, 2.05) is 25.2 Å². The van der Waals surface area contributed by atoms with Crippen LogP contribution < -0.4 is 0 Å². The van der Waals surface area contributed by atoms with Crippen LogP contribution in [0.25, 0.3) is 0 Å². The van der Waals surface area contributed by atoms with Crippen LogP contribution in [0, 0.1) is 0 Å². The molecule has 76 valence electrons. The highest BCUT2D eigenvalue weighted by Crippen LogP contribution is 2.28. The van der Waals surface area contributed by atoms with Crippen LogP contribution in [0.5, 0.6) is 0 Å². The zero-order valence-electron chi connectivity index (χ0n) is 9.72. The second-order valence-electron chi connectivity index (χ2n) is 3.59. The smallest absolute Gasteiger partial charge is 0.00557 e. The number of rotatable bonds is 2. The maximum absolute atomic E-state index is 2.28. The van der Waals surface area contributed by atoms with Gasteiger partial charge in [-0.25, -0.2) is 0 Å². The third-order valence-corrected chi connectivity index (χ3v) is 2.75. The lowest BCUT2D eigenvalue weighted by atomic mass is 9.95. The van der Waals surface area contributed by atoms with Gasteiger partial charge in [0.25, 0.3) is 0 Å². The molecule has 0 saturated heterocycles. The molecular formula is C12H22S. The highest BCUT2D eigenvalue weighted by molar-refractivity contribution is 7.08. The molecule has 0 unspecified atom stereocenters. The minimum Gasteiger partial charge on any atom is -0.152 e. The Labute approximate surface area is 87.0 Å². The normalized spacial score (nSPS) is 10.2. The van der Waals surface area contributed by atoms with E-state index in [0.29, 0.717) is 11.8 Å². The van der Waals surface area contributed by atoms with Gasteiger partial charge in [-0.3, -0.25) is 0 Å². The average Bonchev–Trinajstić information content (AvgIpc) is 2.55. The molecule has 0 radical (unpaired) electrons. The first-order valence-corrected chi connectivity index (χ1v) is 6.13. The fraction of sp³-hybridized carbons (Fsp3) is 0.667. The Balaban J connectivity index is 0.000000671. The number of thiophene rings is 1. The third kappa shape index (κ3) is 3.51. The van der Waals surface area contributed by atoms with Crippen LogP contribution in [0.4, 0.5) is 0 Å². The molecule has 0 amide bonds. The highest BCUT2D eigenvalue weighted by atomic mass is 32.1. The summed E-state index contributed by atoms with van der Waals surface area (Å²) in [5.41, 5.74) is 3.06. The van der Waals surface area contributed by atoms with Gasteiger partial charge in [-0.1, -0.05) is 41.5 Å². The quantitative estimate of drug-likeness (QED) is 0.626. The Morgan fingerprint density at radius 2 is 1.15 bits per heavy atom. The minimum absolute atomic E-state index is 0.679. The summed E-state index contributed by atoms with van der Waals surface area (Å²) < 4.78 is 0. The van der Waals surface area contributed by atoms with Gasteiger partial charge >= 0.3 is 0 Å². The van der Waals surface area contributed by atoms with Gasteiger partial charge in [0.05, 0.1) is 0 Å². The van der Waals surface area contributed by atoms with E-state index >= 15 is 0 Å². The lowest BCUT2D eigenvalue weighted by molar-refractivity contribution is 0.798. The SMILES string of the molecule is CC.CC(C)c1cscc1C(C)C. The highest BCUT2D eigenvalue weighted by Gasteiger charge is 2.09. The van der Waals surface area contributed by atoms with Crippen LogP contribution in [-0.2, 0) is 0 Å². The molecule has 0 bridgehead atoms. The maximum Gasteiger partial charge on any atom is -0.00557 e. The summed E-state index contributed by atoms with van der Waals surface area (Å²) in [6.07, 6.45) is 0. The van der Waals surface area contributed by atoms with E-state index in [0.717, 1.165) is 0 Å². The lowest BCUT2D eigenvalue weighted by Gasteiger charge is -2.09. The summed E-state index contributed by atoms with van der Waals surface area (Å²) in [6.45, 7) is 13.0. The first kappa shape index (κ1) is 12.7. The van der Waals surface area contributed by atoms with E-state index in [1.54, 1.807) is 0 Å². The molecular weight excluding hydrogens is 176 g/mol. The van der Waals surface area contributed by atoms with Crippen molar-refractivity contribution in [2.24, 2.45) is 0 Å². The van der Waals surface area contributed by atoms with Crippen molar-refractivity contribution in [3.63, 3.8) is 0 Å². The standard InChI is InChI=1S/C10H16S.C2H6/c1-7(2)9-5-11-6-10(9)8(3)4;1-2/h5-8H,1-4H3;1-2H3. The average molecular weight is 198 g/mol. The fourth-order valence-corrected chi connectivity index (χ4v) is 2.43. The van der Waals surface area contributed by atoms with Crippen LogP contribution in [0.1, 0.15) is 64.5 Å². The first-order chi connectivity index (χ1) is 6.13. The van der Waals surface area contributed by atoms with Gasteiger partial charge in [0.1, 0.15) is 0 Å². The molecule has 0 aromatic carbocycles. The van der Waals surface area contributed by atoms with Crippen molar-refractivity contribution in [2.75, 3.05) is 0 Å². The second kappa shape index (κ2) is 6.20. The summed E-state index contributed by atoms with van der Waals surface area (Å²) in [4.78, 5) is 0. The van der Waals surface area contributed by atoms with Gasteiger partial charge < -0.3 is 0 Å². The molecule has 1 rings (SSSR count). The molecule has 0 nitrogen and oxygen atoms in total. The Morgan fingerprint density at radius 3 is 1.38 bits per heavy atom. The summed E-state index contributed by atoms with van der Waals surface area (Å²) in [7, 11) is 0. The second-order valence-corrected chi connectivity index (χ2v) is 4.34. The Hall–Kier alpha value is -0.300. The topological polar surface area (TPSA) is 0 Å². The van der Waals surface area contributed by atoms with Crippen molar-refractivity contribution in [1.82, 2.24) is 0 Å². The van der Waals surface area contributed by atoms with Crippen molar-refractivity contribution in [1.29, 1.82) is 0 Å². The first-order valence-electron chi connectivity index (χ1n) is 5.19. The summed E-state index contributed by atoms with van der Waals surface area (Å²) >= 11 is 1.82. The fourth-order valence-electron chi connectivity index (χ4n) is 1.26. The van der Waals surface area contributed by atoms with Crippen molar-refractivity contribution >= 4 is 11.3 Å². The van der Waals surface area contributed by atoms with E-state index in [2.05, 4.69) is 38.5 Å². The van der Waals surface area contributed by atoms with E-state index < -0.39 is 0 Å². The zero-order valence-corrected chi connectivity index (χ0v) is 10.5. The van der Waals surface area contributed by atoms with Crippen molar-refractivity contribution in [3.8, 4) is 0 Å². The Bertz CT molecular complexity index is 198. The molecule has 1 heterocycles. The van der Waals surface area contributed by atoms with Crippen LogP contribution in [0.3, 0.4) is 0 Å². The van der Waals surface area contributed by atoms with Crippen molar-refractivity contribution < 1.29 is 0 Å². The molecule has 1 aromatic rings. The molecule has 0 spiro atoms. The van der Waals surface area contributed by atoms with E-state index in [1.165, 1.54) is 11.1 Å². The van der Waals surface area contributed by atoms with Crippen LogP contribution in [0.15, 0.2) is 10.8 Å². The number of hydrogen-bond acceptors (Lipinski definition) is 1.